The van der Waals surface area contributed by atoms with Gasteiger partial charge < -0.3 is 14.6 Å². The van der Waals surface area contributed by atoms with Crippen LogP contribution in [0.4, 0.5) is 0 Å². The Labute approximate surface area is 132 Å². The second-order valence-corrected chi connectivity index (χ2v) is 5.16. The van der Waals surface area contributed by atoms with E-state index in [1.54, 1.807) is 30.3 Å². The maximum absolute atomic E-state index is 10.7. The molecule has 0 aliphatic carbocycles. The lowest BCUT2D eigenvalue weighted by Crippen LogP contribution is -1.99. The number of benzene rings is 1. The van der Waals surface area contributed by atoms with Crippen LogP contribution >= 0.6 is 0 Å². The van der Waals surface area contributed by atoms with Gasteiger partial charge in [0, 0.05) is 6.61 Å². The van der Waals surface area contributed by atoms with Gasteiger partial charge in [-0.25, -0.2) is 4.79 Å². The van der Waals surface area contributed by atoms with Crippen LogP contribution in [0.1, 0.15) is 48.9 Å². The van der Waals surface area contributed by atoms with Crippen molar-refractivity contribution in [1.29, 1.82) is 0 Å². The fourth-order valence-corrected chi connectivity index (χ4v) is 2.06. The first-order valence-corrected chi connectivity index (χ1v) is 7.89. The van der Waals surface area contributed by atoms with E-state index in [1.807, 2.05) is 0 Å². The molecule has 1 N–H and O–H groups in total. The summed E-state index contributed by atoms with van der Waals surface area (Å²) in [5.41, 5.74) is 0.282. The molecule has 122 valence electrons. The molecule has 0 heterocycles. The Hall–Kier alpha value is -1.81. The van der Waals surface area contributed by atoms with Crippen LogP contribution in [0.15, 0.2) is 36.9 Å². The maximum Gasteiger partial charge on any atom is 0.335 e. The van der Waals surface area contributed by atoms with Crippen molar-refractivity contribution in [2.24, 2.45) is 0 Å². The molecule has 0 saturated carbocycles. The van der Waals surface area contributed by atoms with Crippen molar-refractivity contribution < 1.29 is 19.4 Å². The minimum atomic E-state index is -0.915. The highest BCUT2D eigenvalue weighted by Crippen LogP contribution is 2.13. The molecule has 0 aliphatic heterocycles. The van der Waals surface area contributed by atoms with E-state index in [0.29, 0.717) is 13.2 Å². The number of carbonyl (C=O) groups is 1. The number of hydrogen-bond acceptors (Lipinski definition) is 3. The third kappa shape index (κ3) is 8.47. The number of aromatic carboxylic acids is 1. The molecule has 0 amide bonds. The van der Waals surface area contributed by atoms with Gasteiger partial charge in [-0.05, 0) is 37.1 Å². The topological polar surface area (TPSA) is 55.8 Å². The SMILES string of the molecule is C=CCOCCCCCCCCOc1ccc(C(=O)O)cc1. The van der Waals surface area contributed by atoms with Crippen LogP contribution in [0.3, 0.4) is 0 Å². The summed E-state index contributed by atoms with van der Waals surface area (Å²) in [4.78, 5) is 10.7. The number of ether oxygens (including phenoxy) is 2. The molecule has 0 spiro atoms. The Balaban J connectivity index is 1.95. The Morgan fingerprint density at radius 3 is 2.18 bits per heavy atom. The minimum absolute atomic E-state index is 0.282. The van der Waals surface area contributed by atoms with E-state index in [1.165, 1.54) is 19.3 Å². The molecule has 0 unspecified atom stereocenters. The summed E-state index contributed by atoms with van der Waals surface area (Å²) in [6.45, 7) is 5.75. The van der Waals surface area contributed by atoms with Gasteiger partial charge in [0.1, 0.15) is 5.75 Å². The molecule has 0 bridgehead atoms. The van der Waals surface area contributed by atoms with Crippen LogP contribution in [0.25, 0.3) is 0 Å². The van der Waals surface area contributed by atoms with Crippen molar-refractivity contribution >= 4 is 5.97 Å². The molecule has 1 aromatic carbocycles. The van der Waals surface area contributed by atoms with Gasteiger partial charge in [0.25, 0.3) is 0 Å². The highest BCUT2D eigenvalue weighted by Gasteiger charge is 2.01. The van der Waals surface area contributed by atoms with Crippen molar-refractivity contribution in [3.05, 3.63) is 42.5 Å². The lowest BCUT2D eigenvalue weighted by atomic mass is 10.1. The van der Waals surface area contributed by atoms with Crippen LogP contribution in [0, 0.1) is 0 Å². The first kappa shape index (κ1) is 18.2. The first-order valence-electron chi connectivity index (χ1n) is 7.89. The van der Waals surface area contributed by atoms with E-state index in [-0.39, 0.29) is 5.56 Å². The summed E-state index contributed by atoms with van der Waals surface area (Å²) >= 11 is 0. The zero-order valence-corrected chi connectivity index (χ0v) is 13.1. The van der Waals surface area contributed by atoms with Crippen molar-refractivity contribution in [3.8, 4) is 5.75 Å². The van der Waals surface area contributed by atoms with Gasteiger partial charge in [-0.3, -0.25) is 0 Å². The number of carboxylic acid groups (broad SMARTS) is 1. The standard InChI is InChI=1S/C18H26O4/c1-2-13-21-14-7-5-3-4-6-8-15-22-17-11-9-16(10-12-17)18(19)20/h2,9-12H,1,3-8,13-15H2,(H,19,20). The van der Waals surface area contributed by atoms with Gasteiger partial charge in [0.15, 0.2) is 0 Å². The molecular formula is C18H26O4. The Kier molecular flexibility index (Phi) is 9.79. The molecule has 0 atom stereocenters. The molecule has 1 rings (SSSR count). The van der Waals surface area contributed by atoms with Crippen LogP contribution in [0.2, 0.25) is 0 Å². The molecular weight excluding hydrogens is 280 g/mol. The Bertz CT molecular complexity index is 425. The molecule has 4 heteroatoms. The molecule has 0 saturated heterocycles. The fourth-order valence-electron chi connectivity index (χ4n) is 2.06. The molecule has 1 aromatic rings. The van der Waals surface area contributed by atoms with Gasteiger partial charge in [0.05, 0.1) is 18.8 Å². The van der Waals surface area contributed by atoms with Crippen molar-refractivity contribution in [3.63, 3.8) is 0 Å². The van der Waals surface area contributed by atoms with Crippen LogP contribution in [-0.4, -0.2) is 30.9 Å². The van der Waals surface area contributed by atoms with E-state index in [2.05, 4.69) is 6.58 Å². The van der Waals surface area contributed by atoms with Crippen molar-refractivity contribution in [2.75, 3.05) is 19.8 Å². The van der Waals surface area contributed by atoms with E-state index < -0.39 is 5.97 Å². The van der Waals surface area contributed by atoms with E-state index in [9.17, 15) is 4.79 Å². The molecule has 22 heavy (non-hydrogen) atoms. The highest BCUT2D eigenvalue weighted by atomic mass is 16.5. The molecule has 0 radical (unpaired) electrons. The van der Waals surface area contributed by atoms with Crippen LogP contribution < -0.4 is 4.74 Å². The maximum atomic E-state index is 10.7. The average molecular weight is 306 g/mol. The molecule has 4 nitrogen and oxygen atoms in total. The summed E-state index contributed by atoms with van der Waals surface area (Å²) in [7, 11) is 0. The third-order valence-corrected chi connectivity index (χ3v) is 3.29. The smallest absolute Gasteiger partial charge is 0.335 e. The fraction of sp³-hybridized carbons (Fsp3) is 0.500. The second-order valence-electron chi connectivity index (χ2n) is 5.16. The van der Waals surface area contributed by atoms with Crippen LogP contribution in [-0.2, 0) is 4.74 Å². The number of unbranched alkanes of at least 4 members (excludes halogenated alkanes) is 5. The minimum Gasteiger partial charge on any atom is -0.494 e. The number of hydrogen-bond donors (Lipinski definition) is 1. The van der Waals surface area contributed by atoms with Gasteiger partial charge in [-0.15, -0.1) is 6.58 Å². The van der Waals surface area contributed by atoms with Gasteiger partial charge in [-0.1, -0.05) is 31.8 Å². The van der Waals surface area contributed by atoms with Gasteiger partial charge in [0.2, 0.25) is 0 Å². The van der Waals surface area contributed by atoms with Crippen molar-refractivity contribution in [1.82, 2.24) is 0 Å². The van der Waals surface area contributed by atoms with E-state index >= 15 is 0 Å². The lowest BCUT2D eigenvalue weighted by Gasteiger charge is -2.06. The predicted octanol–water partition coefficient (Wildman–Crippen LogP) is 4.31. The summed E-state index contributed by atoms with van der Waals surface area (Å²) in [6, 6.07) is 6.53. The highest BCUT2D eigenvalue weighted by molar-refractivity contribution is 5.87. The van der Waals surface area contributed by atoms with Gasteiger partial charge in [-0.2, -0.15) is 0 Å². The Morgan fingerprint density at radius 1 is 1.00 bits per heavy atom. The normalized spacial score (nSPS) is 10.4. The van der Waals surface area contributed by atoms with E-state index in [0.717, 1.165) is 31.6 Å². The summed E-state index contributed by atoms with van der Waals surface area (Å²) in [6.07, 6.45) is 8.70. The van der Waals surface area contributed by atoms with Crippen molar-refractivity contribution in [2.45, 2.75) is 38.5 Å². The monoisotopic (exact) mass is 306 g/mol. The van der Waals surface area contributed by atoms with E-state index in [4.69, 9.17) is 14.6 Å². The number of rotatable bonds is 13. The predicted molar refractivity (Wildman–Crippen MR) is 87.6 cm³/mol. The number of carboxylic acids is 1. The first-order chi connectivity index (χ1) is 10.7. The zero-order valence-electron chi connectivity index (χ0n) is 13.1. The van der Waals surface area contributed by atoms with Crippen LogP contribution in [0.5, 0.6) is 5.75 Å². The van der Waals surface area contributed by atoms with Gasteiger partial charge >= 0.3 is 5.97 Å². The molecule has 0 aromatic heterocycles. The average Bonchev–Trinajstić information content (AvgIpc) is 2.53. The quantitative estimate of drug-likeness (QED) is 0.436. The Morgan fingerprint density at radius 2 is 1.59 bits per heavy atom. The zero-order chi connectivity index (χ0) is 16.0. The summed E-state index contributed by atoms with van der Waals surface area (Å²) in [5, 5.41) is 8.80. The summed E-state index contributed by atoms with van der Waals surface area (Å²) in [5.74, 6) is -0.189. The lowest BCUT2D eigenvalue weighted by molar-refractivity contribution is 0.0697. The molecule has 0 aliphatic rings. The second kappa shape index (κ2) is 11.8. The summed E-state index contributed by atoms with van der Waals surface area (Å²) < 4.78 is 10.9. The third-order valence-electron chi connectivity index (χ3n) is 3.29. The largest absolute Gasteiger partial charge is 0.494 e. The molecule has 0 fully saturated rings.